The Morgan fingerprint density at radius 2 is 1.55 bits per heavy atom. The Morgan fingerprint density at radius 3 is 2.21 bits per heavy atom. The molecule has 0 atom stereocenters. The summed E-state index contributed by atoms with van der Waals surface area (Å²) in [6, 6.07) is 20.0. The van der Waals surface area contributed by atoms with E-state index < -0.39 is 5.97 Å². The van der Waals surface area contributed by atoms with Crippen molar-refractivity contribution < 1.29 is 23.7 Å². The molecule has 0 heterocycles. The fourth-order valence-electron chi connectivity index (χ4n) is 2.66. The fourth-order valence-corrected chi connectivity index (χ4v) is 2.93. The molecule has 0 aliphatic carbocycles. The highest BCUT2D eigenvalue weighted by Crippen LogP contribution is 2.37. The van der Waals surface area contributed by atoms with Gasteiger partial charge in [-0.3, -0.25) is 0 Å². The van der Waals surface area contributed by atoms with Crippen molar-refractivity contribution in [2.24, 2.45) is 0 Å². The molecule has 0 fully saturated rings. The van der Waals surface area contributed by atoms with E-state index >= 15 is 0 Å². The molecule has 29 heavy (non-hydrogen) atoms. The summed E-state index contributed by atoms with van der Waals surface area (Å²) in [4.78, 5) is 12.5. The van der Waals surface area contributed by atoms with Crippen molar-refractivity contribution in [3.63, 3.8) is 0 Å². The van der Waals surface area contributed by atoms with Crippen LogP contribution in [0.4, 0.5) is 0 Å². The smallest absolute Gasteiger partial charge is 0.338 e. The molecule has 0 aliphatic rings. The molecule has 0 N–H and O–H groups in total. The first kappa shape index (κ1) is 20.6. The lowest BCUT2D eigenvalue weighted by Crippen LogP contribution is -2.07. The van der Waals surface area contributed by atoms with Gasteiger partial charge in [0, 0.05) is 0 Å². The molecule has 0 saturated carbocycles. The van der Waals surface area contributed by atoms with Crippen LogP contribution in [0.1, 0.15) is 21.5 Å². The lowest BCUT2D eigenvalue weighted by atomic mass is 10.2. The number of esters is 1. The average molecular weight is 413 g/mol. The first-order valence-electron chi connectivity index (χ1n) is 8.95. The second-order valence-electron chi connectivity index (χ2n) is 6.19. The van der Waals surface area contributed by atoms with Gasteiger partial charge in [0.15, 0.2) is 11.5 Å². The fraction of sp³-hybridized carbons (Fsp3) is 0.174. The average Bonchev–Trinajstić information content (AvgIpc) is 2.77. The van der Waals surface area contributed by atoms with Crippen molar-refractivity contribution in [1.82, 2.24) is 0 Å². The van der Waals surface area contributed by atoms with E-state index in [0.29, 0.717) is 18.1 Å². The number of methoxy groups -OCH3 is 2. The number of benzene rings is 3. The number of carbonyl (C=O) groups is 1. The van der Waals surface area contributed by atoms with E-state index in [1.165, 1.54) is 13.2 Å². The van der Waals surface area contributed by atoms with E-state index in [1.54, 1.807) is 13.2 Å². The van der Waals surface area contributed by atoms with Crippen LogP contribution >= 0.6 is 11.6 Å². The molecule has 0 aliphatic heterocycles. The minimum atomic E-state index is -0.504. The zero-order chi connectivity index (χ0) is 20.6. The second kappa shape index (κ2) is 9.85. The van der Waals surface area contributed by atoms with Crippen LogP contribution in [0.2, 0.25) is 5.02 Å². The normalized spacial score (nSPS) is 10.3. The van der Waals surface area contributed by atoms with Crippen LogP contribution < -0.4 is 14.2 Å². The molecular weight excluding hydrogens is 392 g/mol. The van der Waals surface area contributed by atoms with Crippen LogP contribution in [0.15, 0.2) is 66.7 Å². The van der Waals surface area contributed by atoms with Gasteiger partial charge < -0.3 is 18.9 Å². The highest BCUT2D eigenvalue weighted by molar-refractivity contribution is 6.32. The van der Waals surface area contributed by atoms with Crippen molar-refractivity contribution in [1.29, 1.82) is 0 Å². The number of ether oxygens (including phenoxy) is 4. The van der Waals surface area contributed by atoms with E-state index in [-0.39, 0.29) is 17.2 Å². The van der Waals surface area contributed by atoms with Gasteiger partial charge in [0.25, 0.3) is 0 Å². The molecule has 0 saturated heterocycles. The van der Waals surface area contributed by atoms with Crippen molar-refractivity contribution in [2.45, 2.75) is 13.2 Å². The van der Waals surface area contributed by atoms with Gasteiger partial charge in [-0.1, -0.05) is 54.1 Å². The Balaban J connectivity index is 1.68. The highest BCUT2D eigenvalue weighted by atomic mass is 35.5. The van der Waals surface area contributed by atoms with Gasteiger partial charge in [0.2, 0.25) is 0 Å². The summed E-state index contributed by atoms with van der Waals surface area (Å²) < 4.78 is 21.7. The van der Waals surface area contributed by atoms with Gasteiger partial charge in [0.1, 0.15) is 19.0 Å². The lowest BCUT2D eigenvalue weighted by molar-refractivity contribution is 0.0472. The van der Waals surface area contributed by atoms with Crippen LogP contribution in [-0.2, 0) is 18.0 Å². The molecule has 0 radical (unpaired) electrons. The van der Waals surface area contributed by atoms with Gasteiger partial charge >= 0.3 is 5.97 Å². The van der Waals surface area contributed by atoms with E-state index in [4.69, 9.17) is 30.5 Å². The van der Waals surface area contributed by atoms with Gasteiger partial charge in [-0.25, -0.2) is 4.79 Å². The zero-order valence-electron chi connectivity index (χ0n) is 16.2. The Bertz CT molecular complexity index is 955. The monoisotopic (exact) mass is 412 g/mol. The van der Waals surface area contributed by atoms with Crippen LogP contribution in [0, 0.1) is 0 Å². The van der Waals surface area contributed by atoms with Gasteiger partial charge in [0.05, 0.1) is 24.8 Å². The van der Waals surface area contributed by atoms with Gasteiger partial charge in [-0.2, -0.15) is 0 Å². The highest BCUT2D eigenvalue weighted by Gasteiger charge is 2.17. The number of hydrogen-bond donors (Lipinski definition) is 0. The summed E-state index contributed by atoms with van der Waals surface area (Å²) in [5, 5.41) is 0.275. The first-order valence-corrected chi connectivity index (χ1v) is 9.33. The molecular formula is C23H21ClO5. The predicted octanol–water partition coefficient (Wildman–Crippen LogP) is 5.29. The maximum Gasteiger partial charge on any atom is 0.338 e. The van der Waals surface area contributed by atoms with Gasteiger partial charge in [-0.05, 0) is 35.4 Å². The lowest BCUT2D eigenvalue weighted by Gasteiger charge is -2.14. The van der Waals surface area contributed by atoms with E-state index in [0.717, 1.165) is 16.9 Å². The Hall–Kier alpha value is -3.18. The van der Waals surface area contributed by atoms with Crippen LogP contribution in [0.3, 0.4) is 0 Å². The molecule has 3 aromatic rings. The van der Waals surface area contributed by atoms with Crippen molar-refractivity contribution >= 4 is 17.6 Å². The summed E-state index contributed by atoms with van der Waals surface area (Å²) in [7, 11) is 3.09. The molecule has 0 spiro atoms. The minimum absolute atomic E-state index is 0.134. The van der Waals surface area contributed by atoms with Crippen LogP contribution in [0.5, 0.6) is 17.2 Å². The third-order valence-corrected chi connectivity index (χ3v) is 4.50. The predicted molar refractivity (Wildman–Crippen MR) is 111 cm³/mol. The molecule has 0 bridgehead atoms. The van der Waals surface area contributed by atoms with E-state index in [2.05, 4.69) is 0 Å². The van der Waals surface area contributed by atoms with E-state index in [1.807, 2.05) is 54.6 Å². The first-order chi connectivity index (χ1) is 14.1. The van der Waals surface area contributed by atoms with Crippen molar-refractivity contribution in [3.05, 3.63) is 88.4 Å². The maximum atomic E-state index is 12.5. The number of carbonyl (C=O) groups excluding carboxylic acids is 1. The molecule has 0 aromatic heterocycles. The number of hydrogen-bond acceptors (Lipinski definition) is 5. The maximum absolute atomic E-state index is 12.5. The molecule has 0 unspecified atom stereocenters. The third-order valence-electron chi connectivity index (χ3n) is 4.22. The zero-order valence-corrected chi connectivity index (χ0v) is 16.9. The van der Waals surface area contributed by atoms with Gasteiger partial charge in [-0.15, -0.1) is 0 Å². The minimum Gasteiger partial charge on any atom is -0.497 e. The number of halogens is 1. The molecule has 6 heteroatoms. The molecule has 150 valence electrons. The SMILES string of the molecule is COc1ccc(COC(=O)c2cc(Cl)c(OCc3ccccc3)c(OC)c2)cc1. The standard InChI is InChI=1S/C23H21ClO5/c1-26-19-10-8-17(9-11-19)15-29-23(25)18-12-20(24)22(21(13-18)27-2)28-14-16-6-4-3-5-7-16/h3-13H,14-15H2,1-2H3. The van der Waals surface area contributed by atoms with E-state index in [9.17, 15) is 4.79 Å². The Labute approximate surface area is 174 Å². The largest absolute Gasteiger partial charge is 0.497 e. The third kappa shape index (κ3) is 5.42. The summed E-state index contributed by atoms with van der Waals surface area (Å²) in [5.41, 5.74) is 2.13. The molecule has 0 amide bonds. The summed E-state index contributed by atoms with van der Waals surface area (Å²) >= 11 is 6.35. The molecule has 3 aromatic carbocycles. The van der Waals surface area contributed by atoms with Crippen molar-refractivity contribution in [3.8, 4) is 17.2 Å². The summed E-state index contributed by atoms with van der Waals surface area (Å²) in [5.74, 6) is 0.980. The van der Waals surface area contributed by atoms with Crippen LogP contribution in [-0.4, -0.2) is 20.2 Å². The van der Waals surface area contributed by atoms with Crippen molar-refractivity contribution in [2.75, 3.05) is 14.2 Å². The Morgan fingerprint density at radius 1 is 0.862 bits per heavy atom. The van der Waals surface area contributed by atoms with Crippen LogP contribution in [0.25, 0.3) is 0 Å². The molecule has 5 nitrogen and oxygen atoms in total. The number of rotatable bonds is 8. The topological polar surface area (TPSA) is 54.0 Å². The Kier molecular flexibility index (Phi) is 6.98. The summed E-state index contributed by atoms with van der Waals surface area (Å²) in [6.07, 6.45) is 0. The second-order valence-corrected chi connectivity index (χ2v) is 6.60. The quantitative estimate of drug-likeness (QED) is 0.470. The summed E-state index contributed by atoms with van der Waals surface area (Å²) in [6.45, 7) is 0.465. The molecule has 3 rings (SSSR count).